The van der Waals surface area contributed by atoms with E-state index in [0.717, 1.165) is 5.56 Å². The zero-order valence-electron chi connectivity index (χ0n) is 14.9. The molecule has 2 rings (SSSR count). The predicted molar refractivity (Wildman–Crippen MR) is 96.8 cm³/mol. The van der Waals surface area contributed by atoms with Gasteiger partial charge in [0.2, 0.25) is 0 Å². The van der Waals surface area contributed by atoms with Crippen molar-refractivity contribution in [3.63, 3.8) is 0 Å². The zero-order valence-corrected chi connectivity index (χ0v) is 15.7. The lowest BCUT2D eigenvalue weighted by Crippen LogP contribution is -2.09. The number of hydrogen-bond acceptors (Lipinski definition) is 5. The Morgan fingerprint density at radius 3 is 2.32 bits per heavy atom. The van der Waals surface area contributed by atoms with Gasteiger partial charge in [0.05, 0.1) is 30.0 Å². The molecule has 1 aliphatic heterocycles. The summed E-state index contributed by atoms with van der Waals surface area (Å²) in [6, 6.07) is 0. The van der Waals surface area contributed by atoms with Crippen LogP contribution in [-0.2, 0) is 14.3 Å². The number of nitrogens with one attached hydrogen (secondary N) is 1. The molecule has 0 aromatic carbocycles. The van der Waals surface area contributed by atoms with Crippen molar-refractivity contribution in [1.29, 1.82) is 0 Å². The number of H-pyrrole nitrogens is 1. The van der Waals surface area contributed by atoms with Crippen LogP contribution in [0.3, 0.4) is 0 Å². The smallest absolute Gasteiger partial charge is 0.340 e. The Bertz CT molecular complexity index is 815. The van der Waals surface area contributed by atoms with Gasteiger partial charge in [-0.05, 0) is 46.3 Å². The third-order valence-corrected chi connectivity index (χ3v) is 4.24. The number of carbonyl (C=O) groups is 2. The number of carbonyl (C=O) groups excluding carboxylic acids is 2. The van der Waals surface area contributed by atoms with Crippen LogP contribution in [0.4, 0.5) is 0 Å². The van der Waals surface area contributed by atoms with Crippen molar-refractivity contribution in [2.24, 2.45) is 4.99 Å². The number of hydrogen-bond donors (Lipinski definition) is 1. The standard InChI is InChI=1S/C18H21ClN2O4/c1-6-24-17(22)14-9(3)12(20-11(14)5)8-13-15(18(23)25-7-2)10(4)16(19)21-13/h8,20H,6-7H2,1-5H3/b13-8+. The number of halogens is 1. The van der Waals surface area contributed by atoms with E-state index >= 15 is 0 Å². The molecule has 2 heterocycles. The van der Waals surface area contributed by atoms with Crippen LogP contribution in [0.15, 0.2) is 21.8 Å². The average molecular weight is 365 g/mol. The van der Waals surface area contributed by atoms with Crippen LogP contribution in [0, 0.1) is 13.8 Å². The summed E-state index contributed by atoms with van der Waals surface area (Å²) in [5, 5.41) is 0.251. The Morgan fingerprint density at radius 1 is 1.12 bits per heavy atom. The second-order valence-corrected chi connectivity index (χ2v) is 5.89. The fraction of sp³-hybridized carbons (Fsp3) is 0.389. The molecule has 0 aliphatic carbocycles. The molecular weight excluding hydrogens is 344 g/mol. The molecule has 0 amide bonds. The number of rotatable bonds is 5. The second-order valence-electron chi connectivity index (χ2n) is 5.54. The van der Waals surface area contributed by atoms with Crippen molar-refractivity contribution >= 4 is 34.8 Å². The summed E-state index contributed by atoms with van der Waals surface area (Å²) in [7, 11) is 0. The lowest BCUT2D eigenvalue weighted by Gasteiger charge is -2.05. The molecule has 0 fully saturated rings. The number of nitrogens with zero attached hydrogens (tertiary/aromatic N) is 1. The first-order valence-corrected chi connectivity index (χ1v) is 8.40. The first-order chi connectivity index (χ1) is 11.8. The Balaban J connectivity index is 2.48. The second kappa shape index (κ2) is 7.70. The quantitative estimate of drug-likeness (QED) is 0.808. The maximum atomic E-state index is 12.2. The van der Waals surface area contributed by atoms with E-state index in [0.29, 0.717) is 40.4 Å². The van der Waals surface area contributed by atoms with Gasteiger partial charge in [-0.1, -0.05) is 11.6 Å². The lowest BCUT2D eigenvalue weighted by atomic mass is 10.1. The number of ether oxygens (including phenoxy) is 2. The van der Waals surface area contributed by atoms with Crippen molar-refractivity contribution in [1.82, 2.24) is 4.98 Å². The molecule has 0 atom stereocenters. The van der Waals surface area contributed by atoms with Crippen LogP contribution in [0.1, 0.15) is 48.1 Å². The van der Waals surface area contributed by atoms with Crippen LogP contribution < -0.4 is 0 Å². The van der Waals surface area contributed by atoms with Gasteiger partial charge in [0.25, 0.3) is 0 Å². The van der Waals surface area contributed by atoms with Gasteiger partial charge in [-0.2, -0.15) is 0 Å². The molecule has 0 saturated heterocycles. The van der Waals surface area contributed by atoms with Gasteiger partial charge in [-0.15, -0.1) is 0 Å². The Morgan fingerprint density at radius 2 is 1.72 bits per heavy atom. The molecule has 0 radical (unpaired) electrons. The van der Waals surface area contributed by atoms with Gasteiger partial charge in [-0.3, -0.25) is 0 Å². The first-order valence-electron chi connectivity index (χ1n) is 8.02. The van der Waals surface area contributed by atoms with E-state index in [1.165, 1.54) is 0 Å². The predicted octanol–water partition coefficient (Wildman–Crippen LogP) is 3.68. The first kappa shape index (κ1) is 19.0. The summed E-state index contributed by atoms with van der Waals surface area (Å²) < 4.78 is 10.2. The topological polar surface area (TPSA) is 80.8 Å². The Labute approximate surface area is 151 Å². The molecule has 1 aliphatic rings. The molecule has 1 aromatic rings. The molecule has 6 nitrogen and oxygen atoms in total. The highest BCUT2D eigenvalue weighted by atomic mass is 35.5. The molecule has 0 saturated carbocycles. The molecule has 0 spiro atoms. The minimum absolute atomic E-state index is 0.251. The maximum absolute atomic E-state index is 12.2. The third-order valence-electron chi connectivity index (χ3n) is 3.88. The van der Waals surface area contributed by atoms with E-state index in [2.05, 4.69) is 9.98 Å². The summed E-state index contributed by atoms with van der Waals surface area (Å²) in [6.45, 7) is 9.37. The van der Waals surface area contributed by atoms with E-state index in [9.17, 15) is 9.59 Å². The average Bonchev–Trinajstić information content (AvgIpc) is 2.96. The highest BCUT2D eigenvalue weighted by Crippen LogP contribution is 2.31. The summed E-state index contributed by atoms with van der Waals surface area (Å²) >= 11 is 6.09. The number of allylic oxidation sites excluding steroid dienone is 1. The highest BCUT2D eigenvalue weighted by Gasteiger charge is 2.27. The maximum Gasteiger partial charge on any atom is 0.340 e. The molecule has 0 bridgehead atoms. The largest absolute Gasteiger partial charge is 0.462 e. The number of aryl methyl sites for hydroxylation is 1. The summed E-state index contributed by atoms with van der Waals surface area (Å²) in [6.07, 6.45) is 1.69. The lowest BCUT2D eigenvalue weighted by molar-refractivity contribution is -0.138. The molecule has 1 N–H and O–H groups in total. The number of aromatic amines is 1. The van der Waals surface area contributed by atoms with Crippen molar-refractivity contribution in [2.75, 3.05) is 13.2 Å². The van der Waals surface area contributed by atoms with Crippen LogP contribution in [0.2, 0.25) is 0 Å². The Hall–Kier alpha value is -2.34. The summed E-state index contributed by atoms with van der Waals surface area (Å²) in [5.74, 6) is -0.860. The Kier molecular flexibility index (Phi) is 5.85. The van der Waals surface area contributed by atoms with E-state index in [-0.39, 0.29) is 17.7 Å². The van der Waals surface area contributed by atoms with Gasteiger partial charge in [-0.25, -0.2) is 14.6 Å². The molecule has 25 heavy (non-hydrogen) atoms. The third kappa shape index (κ3) is 3.69. The molecule has 7 heteroatoms. The van der Waals surface area contributed by atoms with Crippen LogP contribution in [-0.4, -0.2) is 35.3 Å². The van der Waals surface area contributed by atoms with E-state index < -0.39 is 5.97 Å². The number of aromatic nitrogens is 1. The van der Waals surface area contributed by atoms with Gasteiger partial charge in [0.15, 0.2) is 0 Å². The normalized spacial score (nSPS) is 15.6. The minimum atomic E-state index is -0.475. The van der Waals surface area contributed by atoms with Crippen LogP contribution in [0.5, 0.6) is 0 Å². The highest BCUT2D eigenvalue weighted by molar-refractivity contribution is 6.70. The zero-order chi connectivity index (χ0) is 18.7. The number of esters is 2. The van der Waals surface area contributed by atoms with Gasteiger partial charge in [0, 0.05) is 17.0 Å². The van der Waals surface area contributed by atoms with Crippen LogP contribution in [0.25, 0.3) is 6.08 Å². The van der Waals surface area contributed by atoms with Gasteiger partial charge >= 0.3 is 11.9 Å². The van der Waals surface area contributed by atoms with Crippen molar-refractivity contribution in [2.45, 2.75) is 34.6 Å². The fourth-order valence-corrected chi connectivity index (χ4v) is 2.86. The van der Waals surface area contributed by atoms with Crippen molar-refractivity contribution < 1.29 is 19.1 Å². The minimum Gasteiger partial charge on any atom is -0.462 e. The van der Waals surface area contributed by atoms with Crippen molar-refractivity contribution in [3.8, 4) is 0 Å². The van der Waals surface area contributed by atoms with E-state index in [4.69, 9.17) is 21.1 Å². The fourth-order valence-electron chi connectivity index (χ4n) is 2.67. The number of aliphatic imine (C=N–C) groups is 1. The molecular formula is C18H21ClN2O4. The molecule has 134 valence electrons. The van der Waals surface area contributed by atoms with Crippen LogP contribution >= 0.6 is 11.6 Å². The van der Waals surface area contributed by atoms with Crippen molar-refractivity contribution in [3.05, 3.63) is 39.4 Å². The van der Waals surface area contributed by atoms with Gasteiger partial charge < -0.3 is 14.5 Å². The van der Waals surface area contributed by atoms with Gasteiger partial charge in [0.1, 0.15) is 5.17 Å². The van der Waals surface area contributed by atoms with E-state index in [1.54, 1.807) is 33.8 Å². The molecule has 1 aromatic heterocycles. The monoisotopic (exact) mass is 364 g/mol. The summed E-state index contributed by atoms with van der Waals surface area (Å²) in [4.78, 5) is 31.7. The molecule has 0 unspecified atom stereocenters. The SMILES string of the molecule is CCOC(=O)C1=C(C)C(Cl)=N/C1=C/c1[nH]c(C)c(C(=O)OCC)c1C. The van der Waals surface area contributed by atoms with E-state index in [1.807, 2.05) is 6.92 Å². The summed E-state index contributed by atoms with van der Waals surface area (Å²) in [5.41, 5.74) is 3.87.